The molecule has 0 aromatic carbocycles. The number of carbonyl (C=O) groups is 1. The highest BCUT2D eigenvalue weighted by molar-refractivity contribution is 8.01. The second-order valence-electron chi connectivity index (χ2n) is 3.44. The van der Waals surface area contributed by atoms with Gasteiger partial charge in [0.1, 0.15) is 5.82 Å². The van der Waals surface area contributed by atoms with Crippen molar-refractivity contribution < 1.29 is 9.53 Å². The van der Waals surface area contributed by atoms with Gasteiger partial charge in [0.15, 0.2) is 4.34 Å². The molecule has 1 unspecified atom stereocenters. The topological polar surface area (TPSA) is 52.1 Å². The molecule has 0 aliphatic carbocycles. The molecule has 1 aromatic rings. The monoisotopic (exact) mass is 260 g/mol. The molecular formula is C10H16N2O2S2. The van der Waals surface area contributed by atoms with Gasteiger partial charge >= 0.3 is 5.97 Å². The van der Waals surface area contributed by atoms with Crippen molar-refractivity contribution in [3.05, 3.63) is 5.82 Å². The molecule has 0 saturated heterocycles. The summed E-state index contributed by atoms with van der Waals surface area (Å²) in [5.74, 6) is 0.721. The molecule has 0 aliphatic rings. The summed E-state index contributed by atoms with van der Waals surface area (Å²) in [4.78, 5) is 15.4. The van der Waals surface area contributed by atoms with Gasteiger partial charge in [0.05, 0.1) is 13.5 Å². The van der Waals surface area contributed by atoms with Crippen molar-refractivity contribution in [2.24, 2.45) is 0 Å². The van der Waals surface area contributed by atoms with Crippen molar-refractivity contribution in [2.75, 3.05) is 7.11 Å². The number of carbonyl (C=O) groups excluding carboxylic acids is 1. The van der Waals surface area contributed by atoms with Gasteiger partial charge in [-0.1, -0.05) is 25.6 Å². The van der Waals surface area contributed by atoms with Gasteiger partial charge in [-0.2, -0.15) is 4.37 Å². The van der Waals surface area contributed by atoms with E-state index in [0.717, 1.165) is 23.0 Å². The van der Waals surface area contributed by atoms with Crippen LogP contribution in [0.4, 0.5) is 0 Å². The number of hydrogen-bond donors (Lipinski definition) is 0. The number of aryl methyl sites for hydroxylation is 1. The van der Waals surface area contributed by atoms with Crippen LogP contribution in [0, 0.1) is 0 Å². The highest BCUT2D eigenvalue weighted by Crippen LogP contribution is 2.27. The fraction of sp³-hybridized carbons (Fsp3) is 0.700. The Bertz CT molecular complexity index is 341. The molecular weight excluding hydrogens is 244 g/mol. The van der Waals surface area contributed by atoms with Crippen LogP contribution in [0.1, 0.15) is 32.5 Å². The first-order chi connectivity index (χ1) is 7.65. The van der Waals surface area contributed by atoms with Gasteiger partial charge in [-0.05, 0) is 18.0 Å². The first-order valence-corrected chi connectivity index (χ1v) is 6.87. The Kier molecular flexibility index (Phi) is 5.76. The van der Waals surface area contributed by atoms with Crippen LogP contribution in [0.5, 0.6) is 0 Å². The van der Waals surface area contributed by atoms with Crippen molar-refractivity contribution in [1.29, 1.82) is 0 Å². The van der Waals surface area contributed by atoms with Crippen molar-refractivity contribution in [1.82, 2.24) is 9.36 Å². The molecule has 90 valence electrons. The van der Waals surface area contributed by atoms with Crippen molar-refractivity contribution in [3.8, 4) is 0 Å². The van der Waals surface area contributed by atoms with Gasteiger partial charge in [0.25, 0.3) is 0 Å². The predicted octanol–water partition coefficient (Wildman–Crippen LogP) is 2.53. The summed E-state index contributed by atoms with van der Waals surface area (Å²) in [6.07, 6.45) is 2.38. The van der Waals surface area contributed by atoms with Crippen LogP contribution in [0.3, 0.4) is 0 Å². The Morgan fingerprint density at radius 2 is 2.38 bits per heavy atom. The number of methoxy groups -OCH3 is 1. The Morgan fingerprint density at radius 1 is 1.62 bits per heavy atom. The van der Waals surface area contributed by atoms with E-state index in [-0.39, 0.29) is 11.2 Å². The normalized spacial score (nSPS) is 12.4. The van der Waals surface area contributed by atoms with E-state index in [0.29, 0.717) is 6.42 Å². The highest BCUT2D eigenvalue weighted by atomic mass is 32.2. The molecule has 0 aliphatic heterocycles. The fourth-order valence-electron chi connectivity index (χ4n) is 1.14. The van der Waals surface area contributed by atoms with E-state index >= 15 is 0 Å². The van der Waals surface area contributed by atoms with Crippen LogP contribution in [0.25, 0.3) is 0 Å². The first-order valence-electron chi connectivity index (χ1n) is 5.21. The lowest BCUT2D eigenvalue weighted by Gasteiger charge is -2.06. The Labute approximate surface area is 104 Å². The van der Waals surface area contributed by atoms with E-state index in [4.69, 9.17) is 0 Å². The zero-order chi connectivity index (χ0) is 12.0. The van der Waals surface area contributed by atoms with Gasteiger partial charge in [-0.25, -0.2) is 4.98 Å². The van der Waals surface area contributed by atoms with E-state index in [1.54, 1.807) is 11.8 Å². The van der Waals surface area contributed by atoms with Gasteiger partial charge in [0, 0.05) is 11.7 Å². The largest absolute Gasteiger partial charge is 0.469 e. The van der Waals surface area contributed by atoms with Gasteiger partial charge in [-0.3, -0.25) is 4.79 Å². The maximum atomic E-state index is 11.1. The second-order valence-corrected chi connectivity index (χ2v) is 5.87. The van der Waals surface area contributed by atoms with Crippen molar-refractivity contribution >= 4 is 29.3 Å². The summed E-state index contributed by atoms with van der Waals surface area (Å²) in [5, 5.41) is 0.176. The molecule has 0 bridgehead atoms. The summed E-state index contributed by atoms with van der Waals surface area (Å²) >= 11 is 2.98. The number of rotatable bonds is 6. The number of nitrogens with zero attached hydrogens (tertiary/aromatic N) is 2. The Morgan fingerprint density at radius 3 is 3.00 bits per heavy atom. The summed E-state index contributed by atoms with van der Waals surface area (Å²) in [6, 6.07) is 0. The molecule has 6 heteroatoms. The lowest BCUT2D eigenvalue weighted by Crippen LogP contribution is -2.08. The third-order valence-electron chi connectivity index (χ3n) is 1.91. The minimum absolute atomic E-state index is 0.176. The zero-order valence-corrected chi connectivity index (χ0v) is 11.4. The van der Waals surface area contributed by atoms with E-state index in [1.165, 1.54) is 18.6 Å². The number of ether oxygens (including phenoxy) is 1. The molecule has 0 amide bonds. The number of aromatic nitrogens is 2. The standard InChI is InChI=1S/C10H16N2O2S2/c1-4-5-8-11-10(16-12-8)15-7(2)6-9(13)14-3/h7H,4-6H2,1-3H3. The minimum atomic E-state index is -0.182. The molecule has 0 N–H and O–H groups in total. The van der Waals surface area contributed by atoms with Gasteiger partial charge in [0.2, 0.25) is 0 Å². The fourth-order valence-corrected chi connectivity index (χ4v) is 3.10. The third kappa shape index (κ3) is 4.49. The Balaban J connectivity index is 2.43. The van der Waals surface area contributed by atoms with Crippen LogP contribution in [-0.4, -0.2) is 27.7 Å². The minimum Gasteiger partial charge on any atom is -0.469 e. The average molecular weight is 260 g/mol. The number of esters is 1. The number of hydrogen-bond acceptors (Lipinski definition) is 6. The second kappa shape index (κ2) is 6.85. The number of thioether (sulfide) groups is 1. The van der Waals surface area contributed by atoms with Gasteiger partial charge < -0.3 is 4.74 Å². The first kappa shape index (κ1) is 13.4. The molecule has 1 aromatic heterocycles. The lowest BCUT2D eigenvalue weighted by molar-refractivity contribution is -0.140. The maximum absolute atomic E-state index is 11.1. The van der Waals surface area contributed by atoms with E-state index in [2.05, 4.69) is 21.0 Å². The molecule has 0 radical (unpaired) electrons. The maximum Gasteiger partial charge on any atom is 0.306 e. The molecule has 0 fully saturated rings. The molecule has 1 rings (SSSR count). The molecule has 16 heavy (non-hydrogen) atoms. The van der Waals surface area contributed by atoms with Crippen molar-refractivity contribution in [3.63, 3.8) is 0 Å². The van der Waals surface area contributed by atoms with Crippen LogP contribution in [0.15, 0.2) is 4.34 Å². The molecule has 1 heterocycles. The molecule has 4 nitrogen and oxygen atoms in total. The summed E-state index contributed by atoms with van der Waals surface area (Å²) in [6.45, 7) is 4.09. The molecule has 0 spiro atoms. The van der Waals surface area contributed by atoms with Crippen LogP contribution >= 0.6 is 23.3 Å². The van der Waals surface area contributed by atoms with Crippen LogP contribution in [0.2, 0.25) is 0 Å². The molecule has 0 saturated carbocycles. The smallest absolute Gasteiger partial charge is 0.306 e. The summed E-state index contributed by atoms with van der Waals surface area (Å²) in [5.41, 5.74) is 0. The molecule has 1 atom stereocenters. The summed E-state index contributed by atoms with van der Waals surface area (Å²) < 4.78 is 9.80. The summed E-state index contributed by atoms with van der Waals surface area (Å²) in [7, 11) is 1.41. The predicted molar refractivity (Wildman–Crippen MR) is 65.9 cm³/mol. The van der Waals surface area contributed by atoms with Gasteiger partial charge in [-0.15, -0.1) is 0 Å². The highest BCUT2D eigenvalue weighted by Gasteiger charge is 2.13. The van der Waals surface area contributed by atoms with Crippen molar-refractivity contribution in [2.45, 2.75) is 42.7 Å². The Hall–Kier alpha value is -0.620. The SMILES string of the molecule is CCCc1nsc(SC(C)CC(=O)OC)n1. The van der Waals surface area contributed by atoms with Crippen LogP contribution < -0.4 is 0 Å². The van der Waals surface area contributed by atoms with Crippen LogP contribution in [-0.2, 0) is 16.0 Å². The third-order valence-corrected chi connectivity index (χ3v) is 3.83. The quantitative estimate of drug-likeness (QED) is 0.581. The van der Waals surface area contributed by atoms with E-state index in [9.17, 15) is 4.79 Å². The van der Waals surface area contributed by atoms with E-state index in [1.807, 2.05) is 6.92 Å². The van der Waals surface area contributed by atoms with E-state index < -0.39 is 0 Å². The lowest BCUT2D eigenvalue weighted by atomic mass is 10.3. The average Bonchev–Trinajstić information content (AvgIpc) is 2.65. The zero-order valence-electron chi connectivity index (χ0n) is 9.73.